The standard InChI is InChI=1S/C14H11N3O4/c15-10-5-4-9-12-7(10)2-1-3-8(12)13(20)17(14(9)21)16-6-11(18)19/h1-5,16H,6,15H2,(H,18,19). The van der Waals surface area contributed by atoms with Crippen LogP contribution in [0.15, 0.2) is 30.3 Å². The molecule has 2 amide bonds. The zero-order chi connectivity index (χ0) is 15.1. The lowest BCUT2D eigenvalue weighted by atomic mass is 9.94. The fourth-order valence-electron chi connectivity index (χ4n) is 2.41. The summed E-state index contributed by atoms with van der Waals surface area (Å²) in [5.41, 5.74) is 9.29. The van der Waals surface area contributed by atoms with Crippen molar-refractivity contribution in [3.05, 3.63) is 41.5 Å². The molecule has 0 aliphatic carbocycles. The Morgan fingerprint density at radius 1 is 1.14 bits per heavy atom. The van der Waals surface area contributed by atoms with Gasteiger partial charge in [0.25, 0.3) is 11.8 Å². The van der Waals surface area contributed by atoms with Gasteiger partial charge in [-0.05, 0) is 18.2 Å². The number of nitrogens with one attached hydrogen (secondary N) is 1. The lowest BCUT2D eigenvalue weighted by Crippen LogP contribution is -2.50. The van der Waals surface area contributed by atoms with Crippen LogP contribution in [0.1, 0.15) is 20.7 Å². The summed E-state index contributed by atoms with van der Waals surface area (Å²) in [6.45, 7) is -0.530. The van der Waals surface area contributed by atoms with Crippen molar-refractivity contribution < 1.29 is 19.5 Å². The topological polar surface area (TPSA) is 113 Å². The van der Waals surface area contributed by atoms with Gasteiger partial charge in [-0.1, -0.05) is 12.1 Å². The van der Waals surface area contributed by atoms with E-state index < -0.39 is 24.3 Å². The van der Waals surface area contributed by atoms with E-state index in [1.807, 2.05) is 0 Å². The van der Waals surface area contributed by atoms with Gasteiger partial charge in [0.1, 0.15) is 6.54 Å². The molecule has 0 saturated heterocycles. The summed E-state index contributed by atoms with van der Waals surface area (Å²) in [5.74, 6) is -2.35. The summed E-state index contributed by atoms with van der Waals surface area (Å²) in [6, 6.07) is 8.10. The number of imide groups is 1. The van der Waals surface area contributed by atoms with Gasteiger partial charge in [-0.25, -0.2) is 10.4 Å². The number of nitrogens with zero attached hydrogens (tertiary/aromatic N) is 1. The van der Waals surface area contributed by atoms with E-state index in [1.165, 1.54) is 6.07 Å². The Kier molecular flexibility index (Phi) is 2.84. The molecule has 3 rings (SSSR count). The van der Waals surface area contributed by atoms with Crippen LogP contribution in [-0.4, -0.2) is 34.4 Å². The fraction of sp³-hybridized carbons (Fsp3) is 0.0714. The Hall–Kier alpha value is -2.93. The van der Waals surface area contributed by atoms with Crippen molar-refractivity contribution in [2.75, 3.05) is 12.3 Å². The van der Waals surface area contributed by atoms with Crippen LogP contribution < -0.4 is 11.2 Å². The number of carboxylic acid groups (broad SMARTS) is 1. The van der Waals surface area contributed by atoms with Crippen LogP contribution in [0.2, 0.25) is 0 Å². The number of hydrogen-bond donors (Lipinski definition) is 3. The van der Waals surface area contributed by atoms with Crippen LogP contribution in [0.3, 0.4) is 0 Å². The smallest absolute Gasteiger partial charge is 0.319 e. The van der Waals surface area contributed by atoms with Crippen molar-refractivity contribution >= 4 is 34.2 Å². The van der Waals surface area contributed by atoms with E-state index in [-0.39, 0.29) is 0 Å². The number of nitrogen functional groups attached to an aromatic ring is 1. The maximum Gasteiger partial charge on any atom is 0.319 e. The second-order valence-electron chi connectivity index (χ2n) is 4.60. The molecule has 0 atom stereocenters. The third-order valence-corrected chi connectivity index (χ3v) is 3.33. The molecule has 106 valence electrons. The van der Waals surface area contributed by atoms with Crippen molar-refractivity contribution in [1.82, 2.24) is 10.4 Å². The van der Waals surface area contributed by atoms with Gasteiger partial charge in [0.15, 0.2) is 0 Å². The van der Waals surface area contributed by atoms with Gasteiger partial charge in [0.2, 0.25) is 0 Å². The van der Waals surface area contributed by atoms with E-state index in [4.69, 9.17) is 10.8 Å². The normalized spacial score (nSPS) is 13.8. The summed E-state index contributed by atoms with van der Waals surface area (Å²) in [5, 5.41) is 10.5. The molecule has 0 aromatic heterocycles. The van der Waals surface area contributed by atoms with Crippen LogP contribution in [0.4, 0.5) is 5.69 Å². The molecule has 1 heterocycles. The van der Waals surface area contributed by atoms with Crippen molar-refractivity contribution in [3.8, 4) is 0 Å². The van der Waals surface area contributed by atoms with Gasteiger partial charge in [-0.3, -0.25) is 14.4 Å². The van der Waals surface area contributed by atoms with Gasteiger partial charge in [-0.2, -0.15) is 0 Å². The third kappa shape index (κ3) is 1.91. The molecular weight excluding hydrogens is 274 g/mol. The second-order valence-corrected chi connectivity index (χ2v) is 4.60. The highest BCUT2D eigenvalue weighted by Gasteiger charge is 2.33. The lowest BCUT2D eigenvalue weighted by molar-refractivity contribution is -0.136. The minimum atomic E-state index is -1.17. The number of benzene rings is 2. The SMILES string of the molecule is Nc1ccc2c3c(cccc13)C(=O)N(NCC(=O)O)C2=O. The lowest BCUT2D eigenvalue weighted by Gasteiger charge is -2.27. The molecule has 1 aliphatic rings. The van der Waals surface area contributed by atoms with Crippen molar-refractivity contribution in [2.45, 2.75) is 0 Å². The number of nitrogens with two attached hydrogens (primary N) is 1. The first-order chi connectivity index (χ1) is 10.0. The first kappa shape index (κ1) is 13.1. The predicted molar refractivity (Wildman–Crippen MR) is 74.5 cm³/mol. The number of carbonyl (C=O) groups excluding carboxylic acids is 2. The van der Waals surface area contributed by atoms with Crippen LogP contribution in [-0.2, 0) is 4.79 Å². The number of amides is 2. The van der Waals surface area contributed by atoms with Crippen molar-refractivity contribution in [2.24, 2.45) is 0 Å². The van der Waals surface area contributed by atoms with Crippen LogP contribution in [0, 0.1) is 0 Å². The predicted octanol–water partition coefficient (Wildman–Crippen LogP) is 0.607. The third-order valence-electron chi connectivity index (χ3n) is 3.33. The quantitative estimate of drug-likeness (QED) is 0.562. The molecule has 0 saturated carbocycles. The Bertz CT molecular complexity index is 778. The van der Waals surface area contributed by atoms with E-state index in [9.17, 15) is 14.4 Å². The molecule has 0 radical (unpaired) electrons. The molecule has 0 unspecified atom stereocenters. The van der Waals surface area contributed by atoms with Crippen LogP contribution in [0.5, 0.6) is 0 Å². The zero-order valence-electron chi connectivity index (χ0n) is 10.8. The highest BCUT2D eigenvalue weighted by molar-refractivity contribution is 6.26. The Morgan fingerprint density at radius 2 is 1.81 bits per heavy atom. The average molecular weight is 285 g/mol. The molecule has 1 aliphatic heterocycles. The highest BCUT2D eigenvalue weighted by Crippen LogP contribution is 2.32. The van der Waals surface area contributed by atoms with E-state index in [0.717, 1.165) is 5.01 Å². The number of hydrogen-bond acceptors (Lipinski definition) is 5. The summed E-state index contributed by atoms with van der Waals surface area (Å²) in [7, 11) is 0. The molecular formula is C14H11N3O4. The van der Waals surface area contributed by atoms with Gasteiger partial charge in [0.05, 0.1) is 11.1 Å². The number of carboxylic acids is 1. The van der Waals surface area contributed by atoms with Gasteiger partial charge < -0.3 is 10.8 Å². The number of hydrazine groups is 1. The van der Waals surface area contributed by atoms with Gasteiger partial charge in [-0.15, -0.1) is 0 Å². The Labute approximate surface area is 118 Å². The minimum Gasteiger partial charge on any atom is -0.480 e. The van der Waals surface area contributed by atoms with Gasteiger partial charge >= 0.3 is 5.97 Å². The van der Waals surface area contributed by atoms with E-state index in [0.29, 0.717) is 27.6 Å². The number of rotatable bonds is 3. The highest BCUT2D eigenvalue weighted by atomic mass is 16.4. The molecule has 2 aromatic carbocycles. The monoisotopic (exact) mass is 285 g/mol. The van der Waals surface area contributed by atoms with E-state index in [2.05, 4.69) is 5.43 Å². The molecule has 7 heteroatoms. The summed E-state index contributed by atoms with van der Waals surface area (Å²) >= 11 is 0. The number of aliphatic carboxylic acids is 1. The fourth-order valence-corrected chi connectivity index (χ4v) is 2.41. The summed E-state index contributed by atoms with van der Waals surface area (Å²) in [6.07, 6.45) is 0. The largest absolute Gasteiger partial charge is 0.480 e. The first-order valence-electron chi connectivity index (χ1n) is 6.16. The molecule has 21 heavy (non-hydrogen) atoms. The molecule has 0 fully saturated rings. The Balaban J connectivity index is 2.17. The van der Waals surface area contributed by atoms with E-state index >= 15 is 0 Å². The average Bonchev–Trinajstić information content (AvgIpc) is 2.45. The molecule has 2 aromatic rings. The maximum atomic E-state index is 12.3. The molecule has 7 nitrogen and oxygen atoms in total. The van der Waals surface area contributed by atoms with Crippen molar-refractivity contribution in [3.63, 3.8) is 0 Å². The van der Waals surface area contributed by atoms with Gasteiger partial charge in [0, 0.05) is 16.5 Å². The number of carbonyl (C=O) groups is 3. The van der Waals surface area contributed by atoms with Crippen molar-refractivity contribution in [1.29, 1.82) is 0 Å². The maximum absolute atomic E-state index is 12.3. The van der Waals surface area contributed by atoms with Crippen LogP contribution in [0.25, 0.3) is 10.8 Å². The summed E-state index contributed by atoms with van der Waals surface area (Å²) < 4.78 is 0. The zero-order valence-corrected chi connectivity index (χ0v) is 10.8. The summed E-state index contributed by atoms with van der Waals surface area (Å²) in [4.78, 5) is 35.3. The van der Waals surface area contributed by atoms with E-state index in [1.54, 1.807) is 24.3 Å². The second kappa shape index (κ2) is 4.57. The molecule has 0 spiro atoms. The molecule has 4 N–H and O–H groups in total. The van der Waals surface area contributed by atoms with Crippen LogP contribution >= 0.6 is 0 Å². The molecule has 0 bridgehead atoms. The Morgan fingerprint density at radius 3 is 2.48 bits per heavy atom. The number of anilines is 1. The first-order valence-corrected chi connectivity index (χ1v) is 6.16. The minimum absolute atomic E-state index is 0.312.